The highest BCUT2D eigenvalue weighted by Crippen LogP contribution is 2.26. The van der Waals surface area contributed by atoms with Crippen LogP contribution < -0.4 is 10.6 Å². The number of hydrogen-bond acceptors (Lipinski definition) is 4. The zero-order valence-electron chi connectivity index (χ0n) is 12.1. The van der Waals surface area contributed by atoms with Crippen molar-refractivity contribution in [3.63, 3.8) is 0 Å². The van der Waals surface area contributed by atoms with Crippen molar-refractivity contribution in [1.82, 2.24) is 9.97 Å². The van der Waals surface area contributed by atoms with E-state index in [1.54, 1.807) is 6.07 Å². The van der Waals surface area contributed by atoms with Crippen molar-refractivity contribution < 1.29 is 4.39 Å². The number of halogens is 2. The van der Waals surface area contributed by atoms with Crippen LogP contribution in [0.5, 0.6) is 0 Å². The molecule has 1 aromatic carbocycles. The van der Waals surface area contributed by atoms with Gasteiger partial charge in [0.2, 0.25) is 0 Å². The minimum atomic E-state index is -0.283. The van der Waals surface area contributed by atoms with Gasteiger partial charge in [0.15, 0.2) is 0 Å². The molecule has 0 fully saturated rings. The van der Waals surface area contributed by atoms with Crippen LogP contribution in [0.1, 0.15) is 26.1 Å². The Hall–Kier alpha value is -1.69. The molecular weight excluding hydrogens is 335 g/mol. The van der Waals surface area contributed by atoms with E-state index in [-0.39, 0.29) is 5.82 Å². The van der Waals surface area contributed by atoms with Crippen molar-refractivity contribution in [2.75, 3.05) is 17.2 Å². The van der Waals surface area contributed by atoms with Gasteiger partial charge in [-0.1, -0.05) is 13.8 Å². The van der Waals surface area contributed by atoms with Crippen molar-refractivity contribution in [1.29, 1.82) is 0 Å². The topological polar surface area (TPSA) is 49.8 Å². The third-order valence-electron chi connectivity index (χ3n) is 2.84. The van der Waals surface area contributed by atoms with Crippen molar-refractivity contribution in [3.05, 3.63) is 40.4 Å². The first kappa shape index (κ1) is 15.7. The molecule has 0 atom stereocenters. The third kappa shape index (κ3) is 4.39. The number of aromatic nitrogens is 2. The first-order valence-corrected chi connectivity index (χ1v) is 7.75. The summed E-state index contributed by atoms with van der Waals surface area (Å²) < 4.78 is 13.8. The van der Waals surface area contributed by atoms with E-state index >= 15 is 0 Å². The molecule has 0 aliphatic carbocycles. The standard InChI is InChI=1S/C15H18BrFN4/c1-3-7-18-14-9-15(21-13(4-2)20-14)19-12-6-5-10(17)8-11(12)16/h5-6,8-9H,3-4,7H2,1-2H3,(H2,18,19,20,21). The lowest BCUT2D eigenvalue weighted by atomic mass is 10.3. The van der Waals surface area contributed by atoms with E-state index in [4.69, 9.17) is 0 Å². The molecule has 2 N–H and O–H groups in total. The van der Waals surface area contributed by atoms with E-state index in [1.807, 2.05) is 13.0 Å². The summed E-state index contributed by atoms with van der Waals surface area (Å²) >= 11 is 3.34. The van der Waals surface area contributed by atoms with Gasteiger partial charge in [-0.05, 0) is 40.5 Å². The van der Waals surface area contributed by atoms with Crippen LogP contribution in [0.3, 0.4) is 0 Å². The zero-order valence-corrected chi connectivity index (χ0v) is 13.7. The SMILES string of the molecule is CCCNc1cc(Nc2ccc(F)cc2Br)nc(CC)n1. The summed E-state index contributed by atoms with van der Waals surface area (Å²) in [6.45, 7) is 4.97. The molecule has 0 saturated heterocycles. The van der Waals surface area contributed by atoms with Gasteiger partial charge >= 0.3 is 0 Å². The number of nitrogens with zero attached hydrogens (tertiary/aromatic N) is 2. The number of hydrogen-bond donors (Lipinski definition) is 2. The second-order valence-electron chi connectivity index (χ2n) is 4.58. The lowest BCUT2D eigenvalue weighted by Gasteiger charge is -2.11. The fourth-order valence-electron chi connectivity index (χ4n) is 1.79. The van der Waals surface area contributed by atoms with Gasteiger partial charge in [-0.25, -0.2) is 14.4 Å². The van der Waals surface area contributed by atoms with Crippen LogP contribution in [0.4, 0.5) is 21.7 Å². The van der Waals surface area contributed by atoms with E-state index in [0.717, 1.165) is 36.7 Å². The van der Waals surface area contributed by atoms with Crippen LogP contribution in [0.15, 0.2) is 28.7 Å². The molecule has 1 aromatic heterocycles. The quantitative estimate of drug-likeness (QED) is 0.803. The Labute approximate surface area is 132 Å². The van der Waals surface area contributed by atoms with Gasteiger partial charge in [0.1, 0.15) is 23.3 Å². The number of aryl methyl sites for hydroxylation is 1. The molecule has 0 unspecified atom stereocenters. The Morgan fingerprint density at radius 1 is 1.14 bits per heavy atom. The molecule has 6 heteroatoms. The summed E-state index contributed by atoms with van der Waals surface area (Å²) in [6, 6.07) is 6.35. The van der Waals surface area contributed by atoms with E-state index in [2.05, 4.69) is 43.5 Å². The molecule has 0 aliphatic heterocycles. The van der Waals surface area contributed by atoms with Crippen LogP contribution >= 0.6 is 15.9 Å². The van der Waals surface area contributed by atoms with Crippen LogP contribution in [0.25, 0.3) is 0 Å². The second-order valence-corrected chi connectivity index (χ2v) is 5.44. The average molecular weight is 353 g/mol. The van der Waals surface area contributed by atoms with E-state index in [9.17, 15) is 4.39 Å². The van der Waals surface area contributed by atoms with E-state index in [1.165, 1.54) is 12.1 Å². The van der Waals surface area contributed by atoms with E-state index in [0.29, 0.717) is 10.3 Å². The fourth-order valence-corrected chi connectivity index (χ4v) is 2.24. The fraction of sp³-hybridized carbons (Fsp3) is 0.333. The monoisotopic (exact) mass is 352 g/mol. The Balaban J connectivity index is 2.25. The van der Waals surface area contributed by atoms with Crippen molar-refractivity contribution in [2.45, 2.75) is 26.7 Å². The normalized spacial score (nSPS) is 10.5. The minimum Gasteiger partial charge on any atom is -0.370 e. The first-order valence-electron chi connectivity index (χ1n) is 6.96. The molecule has 0 amide bonds. The summed E-state index contributed by atoms with van der Waals surface area (Å²) in [6.07, 6.45) is 1.78. The Morgan fingerprint density at radius 3 is 2.57 bits per heavy atom. The largest absolute Gasteiger partial charge is 0.370 e. The maximum atomic E-state index is 13.1. The lowest BCUT2D eigenvalue weighted by molar-refractivity contribution is 0.627. The van der Waals surface area contributed by atoms with Crippen LogP contribution in [-0.2, 0) is 6.42 Å². The lowest BCUT2D eigenvalue weighted by Crippen LogP contribution is -2.07. The second kappa shape index (κ2) is 7.36. The summed E-state index contributed by atoms with van der Waals surface area (Å²) in [4.78, 5) is 8.88. The van der Waals surface area contributed by atoms with Gasteiger partial charge in [-0.3, -0.25) is 0 Å². The van der Waals surface area contributed by atoms with Gasteiger partial charge < -0.3 is 10.6 Å². The summed E-state index contributed by atoms with van der Waals surface area (Å²) in [5.41, 5.74) is 0.763. The molecule has 21 heavy (non-hydrogen) atoms. The van der Waals surface area contributed by atoms with Gasteiger partial charge in [-0.15, -0.1) is 0 Å². The predicted molar refractivity (Wildman–Crippen MR) is 87.6 cm³/mol. The number of rotatable bonds is 6. The third-order valence-corrected chi connectivity index (χ3v) is 3.49. The summed E-state index contributed by atoms with van der Waals surface area (Å²) in [5, 5.41) is 6.44. The van der Waals surface area contributed by atoms with Gasteiger partial charge in [0, 0.05) is 23.5 Å². The van der Waals surface area contributed by atoms with Crippen molar-refractivity contribution >= 4 is 33.3 Å². The molecule has 2 aromatic rings. The molecule has 0 aliphatic rings. The number of benzene rings is 1. The maximum absolute atomic E-state index is 13.1. The highest BCUT2D eigenvalue weighted by Gasteiger charge is 2.06. The molecule has 112 valence electrons. The predicted octanol–water partition coefficient (Wildman–Crippen LogP) is 4.51. The van der Waals surface area contributed by atoms with Gasteiger partial charge in [-0.2, -0.15) is 0 Å². The molecule has 0 spiro atoms. The Kier molecular flexibility index (Phi) is 5.50. The van der Waals surface area contributed by atoms with Crippen LogP contribution in [0, 0.1) is 5.82 Å². The summed E-state index contributed by atoms with van der Waals surface area (Å²) in [7, 11) is 0. The molecular formula is C15H18BrFN4. The molecule has 0 saturated carbocycles. The van der Waals surface area contributed by atoms with Crippen molar-refractivity contribution in [2.24, 2.45) is 0 Å². The zero-order chi connectivity index (χ0) is 15.2. The first-order chi connectivity index (χ1) is 10.1. The molecule has 2 rings (SSSR count). The molecule has 0 bridgehead atoms. The van der Waals surface area contributed by atoms with Crippen LogP contribution in [0.2, 0.25) is 0 Å². The average Bonchev–Trinajstić information content (AvgIpc) is 2.48. The van der Waals surface area contributed by atoms with Crippen LogP contribution in [-0.4, -0.2) is 16.5 Å². The maximum Gasteiger partial charge on any atom is 0.136 e. The van der Waals surface area contributed by atoms with Gasteiger partial charge in [0.25, 0.3) is 0 Å². The summed E-state index contributed by atoms with van der Waals surface area (Å²) in [5.74, 6) is 1.96. The molecule has 4 nitrogen and oxygen atoms in total. The minimum absolute atomic E-state index is 0.283. The number of nitrogens with one attached hydrogen (secondary N) is 2. The highest BCUT2D eigenvalue weighted by atomic mass is 79.9. The number of anilines is 3. The Morgan fingerprint density at radius 2 is 1.90 bits per heavy atom. The Bertz CT molecular complexity index is 619. The molecule has 0 radical (unpaired) electrons. The molecule has 1 heterocycles. The highest BCUT2D eigenvalue weighted by molar-refractivity contribution is 9.10. The smallest absolute Gasteiger partial charge is 0.136 e. The van der Waals surface area contributed by atoms with Gasteiger partial charge in [0.05, 0.1) is 5.69 Å². The van der Waals surface area contributed by atoms with E-state index < -0.39 is 0 Å². The van der Waals surface area contributed by atoms with Crippen molar-refractivity contribution in [3.8, 4) is 0 Å².